The topological polar surface area (TPSA) is 68.0 Å². The van der Waals surface area contributed by atoms with E-state index in [9.17, 15) is 4.79 Å². The van der Waals surface area contributed by atoms with E-state index >= 15 is 0 Å². The summed E-state index contributed by atoms with van der Waals surface area (Å²) in [5, 5.41) is 5.67. The molecule has 1 amide bonds. The monoisotopic (exact) mass is 333 g/mol. The Kier molecular flexibility index (Phi) is 11.6. The van der Waals surface area contributed by atoms with E-state index in [2.05, 4.69) is 24.1 Å². The summed E-state index contributed by atoms with van der Waals surface area (Å²) in [7, 11) is 0. The van der Waals surface area contributed by atoms with Crippen LogP contribution in [0.25, 0.3) is 0 Å². The molecule has 122 valence electrons. The number of thiazole rings is 1. The zero-order valence-electron chi connectivity index (χ0n) is 13.1. The maximum Gasteiger partial charge on any atom is 0.270 e. The van der Waals surface area contributed by atoms with Crippen LogP contribution >= 0.6 is 23.7 Å². The minimum Gasteiger partial charge on any atom is -0.351 e. The van der Waals surface area contributed by atoms with E-state index in [4.69, 9.17) is 5.73 Å². The van der Waals surface area contributed by atoms with Gasteiger partial charge in [0.1, 0.15) is 5.69 Å². The number of nitrogens with one attached hydrogen (secondary N) is 1. The first-order valence-electron chi connectivity index (χ1n) is 7.56. The van der Waals surface area contributed by atoms with Crippen LogP contribution < -0.4 is 11.1 Å². The third-order valence-electron chi connectivity index (χ3n) is 3.14. The van der Waals surface area contributed by atoms with Gasteiger partial charge >= 0.3 is 0 Å². The van der Waals surface area contributed by atoms with Gasteiger partial charge in [-0.25, -0.2) is 4.98 Å². The zero-order chi connectivity index (χ0) is 14.8. The molecule has 0 fully saturated rings. The van der Waals surface area contributed by atoms with Crippen molar-refractivity contribution >= 4 is 29.7 Å². The Bertz CT molecular complexity index is 396. The first kappa shape index (κ1) is 20.3. The molecule has 0 aliphatic rings. The molecular formula is C15H28ClN3OS. The normalized spacial score (nSPS) is 10.5. The Hall–Kier alpha value is -0.650. The van der Waals surface area contributed by atoms with E-state index in [0.29, 0.717) is 12.2 Å². The van der Waals surface area contributed by atoms with Crippen LogP contribution in [0.1, 0.15) is 61.4 Å². The Morgan fingerprint density at radius 3 is 2.71 bits per heavy atom. The molecule has 0 bridgehead atoms. The number of unbranched alkanes of at least 4 members (excludes halogenated alkanes) is 3. The van der Waals surface area contributed by atoms with Gasteiger partial charge in [-0.15, -0.1) is 23.7 Å². The molecule has 21 heavy (non-hydrogen) atoms. The van der Waals surface area contributed by atoms with Crippen LogP contribution in [0.3, 0.4) is 0 Å². The fraction of sp³-hybridized carbons (Fsp3) is 0.733. The van der Waals surface area contributed by atoms with E-state index < -0.39 is 0 Å². The number of hydrogen-bond acceptors (Lipinski definition) is 4. The van der Waals surface area contributed by atoms with Crippen molar-refractivity contribution in [3.8, 4) is 0 Å². The Morgan fingerprint density at radius 1 is 1.33 bits per heavy atom. The van der Waals surface area contributed by atoms with Gasteiger partial charge in [0.15, 0.2) is 0 Å². The van der Waals surface area contributed by atoms with Crippen LogP contribution in [0.2, 0.25) is 0 Å². The first-order chi connectivity index (χ1) is 9.63. The molecule has 0 atom stereocenters. The molecule has 0 saturated heterocycles. The highest BCUT2D eigenvalue weighted by Crippen LogP contribution is 2.11. The lowest BCUT2D eigenvalue weighted by atomic mass is 10.0. The Balaban J connectivity index is 0.00000400. The molecule has 1 aromatic rings. The summed E-state index contributed by atoms with van der Waals surface area (Å²) in [6, 6.07) is 0. The van der Waals surface area contributed by atoms with Gasteiger partial charge in [-0.3, -0.25) is 4.79 Å². The fourth-order valence-corrected chi connectivity index (χ4v) is 2.77. The van der Waals surface area contributed by atoms with Crippen LogP contribution in [0.15, 0.2) is 5.38 Å². The number of carbonyl (C=O) groups is 1. The third-order valence-corrected chi connectivity index (χ3v) is 4.04. The van der Waals surface area contributed by atoms with Crippen LogP contribution in [0, 0.1) is 5.92 Å². The van der Waals surface area contributed by atoms with Crippen molar-refractivity contribution in [3.05, 3.63) is 16.1 Å². The highest BCUT2D eigenvalue weighted by molar-refractivity contribution is 7.09. The van der Waals surface area contributed by atoms with Crippen LogP contribution in [-0.4, -0.2) is 24.0 Å². The highest BCUT2D eigenvalue weighted by atomic mass is 35.5. The van der Waals surface area contributed by atoms with Gasteiger partial charge < -0.3 is 11.1 Å². The van der Waals surface area contributed by atoms with Crippen LogP contribution in [0.4, 0.5) is 0 Å². The minimum atomic E-state index is -0.0632. The lowest BCUT2D eigenvalue weighted by molar-refractivity contribution is 0.0948. The van der Waals surface area contributed by atoms with Gasteiger partial charge in [0, 0.05) is 18.3 Å². The van der Waals surface area contributed by atoms with Crippen molar-refractivity contribution in [1.82, 2.24) is 10.3 Å². The van der Waals surface area contributed by atoms with Crippen molar-refractivity contribution in [2.45, 2.75) is 52.4 Å². The largest absolute Gasteiger partial charge is 0.351 e. The average molecular weight is 334 g/mol. The van der Waals surface area contributed by atoms with Gasteiger partial charge in [0.2, 0.25) is 0 Å². The van der Waals surface area contributed by atoms with E-state index in [0.717, 1.165) is 30.3 Å². The SMILES string of the molecule is CC(C)CCCCCCNC(=O)c1csc(CCN)n1.Cl. The molecule has 0 aliphatic carbocycles. The zero-order valence-corrected chi connectivity index (χ0v) is 14.7. The maximum atomic E-state index is 11.8. The number of aromatic nitrogens is 1. The molecule has 1 heterocycles. The molecule has 1 rings (SSSR count). The molecule has 0 radical (unpaired) electrons. The van der Waals surface area contributed by atoms with Crippen molar-refractivity contribution in [2.75, 3.05) is 13.1 Å². The number of nitrogens with zero attached hydrogens (tertiary/aromatic N) is 1. The summed E-state index contributed by atoms with van der Waals surface area (Å²) in [6.45, 7) is 5.83. The summed E-state index contributed by atoms with van der Waals surface area (Å²) in [5.74, 6) is 0.730. The van der Waals surface area contributed by atoms with Crippen LogP contribution in [0.5, 0.6) is 0 Å². The number of rotatable bonds is 10. The Labute approximate surface area is 138 Å². The number of halogens is 1. The standard InChI is InChI=1S/C15H27N3OS.ClH/c1-12(2)7-5-3-4-6-10-17-15(19)13-11-20-14(18-13)8-9-16;/h11-12H,3-10,16H2,1-2H3,(H,17,19);1H. The molecule has 0 saturated carbocycles. The molecule has 0 aromatic carbocycles. The highest BCUT2D eigenvalue weighted by Gasteiger charge is 2.09. The molecule has 0 unspecified atom stereocenters. The number of nitrogens with two attached hydrogens (primary N) is 1. The summed E-state index contributed by atoms with van der Waals surface area (Å²) in [5.41, 5.74) is 5.99. The summed E-state index contributed by atoms with van der Waals surface area (Å²) in [6.07, 6.45) is 6.82. The van der Waals surface area contributed by atoms with Gasteiger partial charge in [-0.2, -0.15) is 0 Å². The number of hydrogen-bond donors (Lipinski definition) is 2. The summed E-state index contributed by atoms with van der Waals surface area (Å²) >= 11 is 1.50. The van der Waals surface area contributed by atoms with Crippen molar-refractivity contribution in [3.63, 3.8) is 0 Å². The second kappa shape index (κ2) is 12.0. The van der Waals surface area contributed by atoms with Gasteiger partial charge in [-0.05, 0) is 18.9 Å². The predicted molar refractivity (Wildman–Crippen MR) is 92.4 cm³/mol. The van der Waals surface area contributed by atoms with Crippen molar-refractivity contribution in [1.29, 1.82) is 0 Å². The lowest BCUT2D eigenvalue weighted by Crippen LogP contribution is -2.24. The molecule has 3 N–H and O–H groups in total. The third kappa shape index (κ3) is 9.06. The van der Waals surface area contributed by atoms with E-state index in [1.165, 1.54) is 37.0 Å². The van der Waals surface area contributed by atoms with Gasteiger partial charge in [0.05, 0.1) is 5.01 Å². The Morgan fingerprint density at radius 2 is 2.05 bits per heavy atom. The average Bonchev–Trinajstić information content (AvgIpc) is 2.86. The lowest BCUT2D eigenvalue weighted by Gasteiger charge is -2.05. The van der Waals surface area contributed by atoms with E-state index in [1.807, 2.05) is 5.38 Å². The molecule has 4 nitrogen and oxygen atoms in total. The number of amides is 1. The molecule has 6 heteroatoms. The second-order valence-corrected chi connectivity index (χ2v) is 6.46. The van der Waals surface area contributed by atoms with E-state index in [-0.39, 0.29) is 18.3 Å². The molecule has 0 spiro atoms. The molecular weight excluding hydrogens is 306 g/mol. The van der Waals surface area contributed by atoms with Crippen molar-refractivity contribution in [2.24, 2.45) is 11.7 Å². The quantitative estimate of drug-likeness (QED) is 0.645. The molecule has 1 aromatic heterocycles. The maximum absolute atomic E-state index is 11.8. The van der Waals surface area contributed by atoms with Gasteiger partial charge in [0.25, 0.3) is 5.91 Å². The fourth-order valence-electron chi connectivity index (χ4n) is 1.98. The summed E-state index contributed by atoms with van der Waals surface area (Å²) < 4.78 is 0. The smallest absolute Gasteiger partial charge is 0.270 e. The molecule has 0 aliphatic heterocycles. The van der Waals surface area contributed by atoms with Gasteiger partial charge in [-0.1, -0.05) is 39.5 Å². The first-order valence-corrected chi connectivity index (χ1v) is 8.44. The van der Waals surface area contributed by atoms with Crippen LogP contribution in [-0.2, 0) is 6.42 Å². The minimum absolute atomic E-state index is 0. The van der Waals surface area contributed by atoms with Crippen molar-refractivity contribution < 1.29 is 4.79 Å². The predicted octanol–water partition coefficient (Wildman–Crippen LogP) is 3.40. The van der Waals surface area contributed by atoms with E-state index in [1.54, 1.807) is 0 Å². The summed E-state index contributed by atoms with van der Waals surface area (Å²) in [4.78, 5) is 16.1. The second-order valence-electron chi connectivity index (χ2n) is 5.52. The number of carbonyl (C=O) groups excluding carboxylic acids is 1.